The summed E-state index contributed by atoms with van der Waals surface area (Å²) in [4.78, 5) is 18.5. The van der Waals surface area contributed by atoms with Crippen LogP contribution in [0, 0.1) is 5.92 Å². The average Bonchev–Trinajstić information content (AvgIpc) is 3.26. The van der Waals surface area contributed by atoms with E-state index in [0.29, 0.717) is 28.2 Å². The summed E-state index contributed by atoms with van der Waals surface area (Å²) in [5.41, 5.74) is 12.6. The molecule has 1 atom stereocenters. The van der Waals surface area contributed by atoms with Crippen LogP contribution in [0.15, 0.2) is 60.7 Å². The van der Waals surface area contributed by atoms with Gasteiger partial charge in [0.25, 0.3) is 0 Å². The molecule has 3 aromatic carbocycles. The van der Waals surface area contributed by atoms with Crippen LogP contribution >= 0.6 is 23.2 Å². The van der Waals surface area contributed by atoms with E-state index in [9.17, 15) is 4.79 Å². The van der Waals surface area contributed by atoms with Crippen LogP contribution in [0.1, 0.15) is 68.5 Å². The quantitative estimate of drug-likeness (QED) is 0.220. The highest BCUT2D eigenvalue weighted by molar-refractivity contribution is 6.35. The molecule has 0 aromatic heterocycles. The fraction of sp³-hybridized carbons (Fsp3) is 0.457. The number of carbonyl (C=O) groups is 1. The normalized spacial score (nSPS) is 21.0. The third-order valence-electron chi connectivity index (χ3n) is 9.60. The molecular formula is C35H42Cl2N4O. The second-order valence-electron chi connectivity index (χ2n) is 12.4. The van der Waals surface area contributed by atoms with Gasteiger partial charge in [0.15, 0.2) is 0 Å². The first-order valence-corrected chi connectivity index (χ1v) is 16.4. The summed E-state index contributed by atoms with van der Waals surface area (Å²) in [5, 5.41) is 4.07. The van der Waals surface area contributed by atoms with Crippen molar-refractivity contribution >= 4 is 40.5 Å². The van der Waals surface area contributed by atoms with Crippen LogP contribution in [0.3, 0.4) is 0 Å². The minimum absolute atomic E-state index is 0.0333. The lowest BCUT2D eigenvalue weighted by molar-refractivity contribution is -0.118. The zero-order valence-electron chi connectivity index (χ0n) is 24.3. The number of anilines is 2. The van der Waals surface area contributed by atoms with Gasteiger partial charge in [-0.1, -0.05) is 79.2 Å². The highest BCUT2D eigenvalue weighted by Crippen LogP contribution is 2.42. The van der Waals surface area contributed by atoms with E-state index in [4.69, 9.17) is 28.9 Å². The number of nitrogen functional groups attached to an aromatic ring is 1. The standard InChI is InChI=1S/C35H42Cl2N4O/c36-28-20-29(37)22-31(21-28)39-34(42)23-41-17-14-27-18-26(25-6-5-7-30(38)19-25)10-11-33(27)35(41)24-12-15-40(16-13-24)32-8-3-1-2-4-9-32/h5-7,10-11,18-22,24,32,35H,1-4,8-9,12-17,23,38H2,(H,39,42). The lowest BCUT2D eigenvalue weighted by atomic mass is 9.79. The third-order valence-corrected chi connectivity index (χ3v) is 10.0. The van der Waals surface area contributed by atoms with Crippen molar-refractivity contribution in [3.8, 4) is 11.1 Å². The largest absolute Gasteiger partial charge is 0.399 e. The van der Waals surface area contributed by atoms with E-state index in [0.717, 1.165) is 43.3 Å². The monoisotopic (exact) mass is 604 g/mol. The topological polar surface area (TPSA) is 61.6 Å². The SMILES string of the molecule is Nc1cccc(-c2ccc3c(c2)CCN(CC(=O)Nc2cc(Cl)cc(Cl)c2)C3C2CCN(C3CCCCCC3)CC2)c1. The predicted molar refractivity (Wildman–Crippen MR) is 175 cm³/mol. The summed E-state index contributed by atoms with van der Waals surface area (Å²) >= 11 is 12.4. The number of carbonyl (C=O) groups excluding carboxylic acids is 1. The van der Waals surface area contributed by atoms with Gasteiger partial charge >= 0.3 is 0 Å². The van der Waals surface area contributed by atoms with Gasteiger partial charge in [0.2, 0.25) is 5.91 Å². The summed E-state index contributed by atoms with van der Waals surface area (Å²) < 4.78 is 0. The number of halogens is 2. The Morgan fingerprint density at radius 1 is 0.833 bits per heavy atom. The molecule has 222 valence electrons. The molecule has 3 aliphatic rings. The van der Waals surface area contributed by atoms with Crippen LogP contribution in [0.2, 0.25) is 10.0 Å². The Morgan fingerprint density at radius 2 is 1.55 bits per heavy atom. The molecule has 2 fully saturated rings. The van der Waals surface area contributed by atoms with Gasteiger partial charge in [-0.15, -0.1) is 0 Å². The molecule has 2 aliphatic heterocycles. The van der Waals surface area contributed by atoms with Crippen molar-refractivity contribution in [2.45, 2.75) is 69.9 Å². The molecule has 2 heterocycles. The summed E-state index contributed by atoms with van der Waals surface area (Å²) in [6.45, 7) is 3.51. The number of nitrogens with zero attached hydrogens (tertiary/aromatic N) is 2. The summed E-state index contributed by atoms with van der Waals surface area (Å²) in [7, 11) is 0. The number of benzene rings is 3. The maximum Gasteiger partial charge on any atom is 0.238 e. The van der Waals surface area contributed by atoms with Crippen LogP contribution in [0.5, 0.6) is 0 Å². The minimum Gasteiger partial charge on any atom is -0.399 e. The highest BCUT2D eigenvalue weighted by atomic mass is 35.5. The van der Waals surface area contributed by atoms with E-state index in [1.165, 1.54) is 68.1 Å². The van der Waals surface area contributed by atoms with Crippen LogP contribution < -0.4 is 11.1 Å². The maximum absolute atomic E-state index is 13.3. The van der Waals surface area contributed by atoms with Crippen LogP contribution in [-0.2, 0) is 11.2 Å². The molecule has 0 radical (unpaired) electrons. The summed E-state index contributed by atoms with van der Waals surface area (Å²) in [6.07, 6.45) is 11.5. The number of hydrogen-bond donors (Lipinski definition) is 2. The second kappa shape index (κ2) is 13.4. The number of rotatable bonds is 6. The molecule has 1 unspecified atom stereocenters. The number of likely N-dealkylation sites (tertiary alicyclic amines) is 1. The van der Waals surface area contributed by atoms with Gasteiger partial charge in [0, 0.05) is 40.0 Å². The molecule has 0 bridgehead atoms. The van der Waals surface area contributed by atoms with Gasteiger partial charge in [-0.25, -0.2) is 0 Å². The first-order chi connectivity index (χ1) is 20.4. The van der Waals surface area contributed by atoms with Gasteiger partial charge in [-0.3, -0.25) is 9.69 Å². The Kier molecular flexibility index (Phi) is 9.40. The lowest BCUT2D eigenvalue weighted by Gasteiger charge is -2.45. The molecule has 1 saturated heterocycles. The molecule has 5 nitrogen and oxygen atoms in total. The van der Waals surface area contributed by atoms with E-state index in [1.54, 1.807) is 18.2 Å². The van der Waals surface area contributed by atoms with Crippen molar-refractivity contribution < 1.29 is 4.79 Å². The molecule has 1 amide bonds. The number of nitrogens with two attached hydrogens (primary N) is 1. The lowest BCUT2D eigenvalue weighted by Crippen LogP contribution is -2.48. The van der Waals surface area contributed by atoms with Gasteiger partial charge < -0.3 is 16.0 Å². The zero-order chi connectivity index (χ0) is 29.1. The number of nitrogens with one attached hydrogen (secondary N) is 1. The minimum atomic E-state index is -0.0333. The number of fused-ring (bicyclic) bond motifs is 1. The van der Waals surface area contributed by atoms with Crippen LogP contribution in [0.4, 0.5) is 11.4 Å². The second-order valence-corrected chi connectivity index (χ2v) is 13.3. The number of amides is 1. The molecule has 3 aromatic rings. The van der Waals surface area contributed by atoms with Crippen molar-refractivity contribution in [1.29, 1.82) is 0 Å². The molecule has 1 saturated carbocycles. The van der Waals surface area contributed by atoms with Gasteiger partial charge in [0.1, 0.15) is 0 Å². The van der Waals surface area contributed by atoms with Crippen molar-refractivity contribution in [3.63, 3.8) is 0 Å². The van der Waals surface area contributed by atoms with Crippen molar-refractivity contribution in [2.75, 3.05) is 37.2 Å². The first kappa shape index (κ1) is 29.5. The number of piperidine rings is 1. The molecule has 1 aliphatic carbocycles. The Labute approximate surface area is 260 Å². The highest BCUT2D eigenvalue weighted by Gasteiger charge is 2.37. The third kappa shape index (κ3) is 6.97. The van der Waals surface area contributed by atoms with E-state index in [1.807, 2.05) is 18.2 Å². The van der Waals surface area contributed by atoms with E-state index < -0.39 is 0 Å². The average molecular weight is 606 g/mol. The fourth-order valence-electron chi connectivity index (χ4n) is 7.57. The molecule has 7 heteroatoms. The van der Waals surface area contributed by atoms with E-state index >= 15 is 0 Å². The van der Waals surface area contributed by atoms with Gasteiger partial charge in [-0.05, 0) is 104 Å². The predicted octanol–water partition coefficient (Wildman–Crippen LogP) is 8.22. The Bertz CT molecular complexity index is 1380. The Hall–Kier alpha value is -2.57. The Morgan fingerprint density at radius 3 is 2.26 bits per heavy atom. The smallest absolute Gasteiger partial charge is 0.238 e. The van der Waals surface area contributed by atoms with Crippen LogP contribution in [-0.4, -0.2) is 47.9 Å². The molecule has 6 rings (SSSR count). The van der Waals surface area contributed by atoms with Crippen molar-refractivity contribution in [3.05, 3.63) is 81.8 Å². The first-order valence-electron chi connectivity index (χ1n) is 15.7. The summed E-state index contributed by atoms with van der Waals surface area (Å²) in [5.74, 6) is 0.478. The Balaban J connectivity index is 1.23. The van der Waals surface area contributed by atoms with Crippen LogP contribution in [0.25, 0.3) is 11.1 Å². The van der Waals surface area contributed by atoms with Gasteiger partial charge in [0.05, 0.1) is 6.54 Å². The molecule has 3 N–H and O–H groups in total. The van der Waals surface area contributed by atoms with E-state index in [-0.39, 0.29) is 11.9 Å². The zero-order valence-corrected chi connectivity index (χ0v) is 25.8. The molecule has 0 spiro atoms. The maximum atomic E-state index is 13.3. The molecular weight excluding hydrogens is 563 g/mol. The fourth-order valence-corrected chi connectivity index (χ4v) is 8.10. The van der Waals surface area contributed by atoms with E-state index in [2.05, 4.69) is 39.4 Å². The van der Waals surface area contributed by atoms with Crippen molar-refractivity contribution in [2.24, 2.45) is 5.92 Å². The van der Waals surface area contributed by atoms with Crippen molar-refractivity contribution in [1.82, 2.24) is 9.80 Å². The molecule has 42 heavy (non-hydrogen) atoms. The number of hydrogen-bond acceptors (Lipinski definition) is 4. The van der Waals surface area contributed by atoms with Gasteiger partial charge in [-0.2, -0.15) is 0 Å². The summed E-state index contributed by atoms with van der Waals surface area (Å²) in [6, 6.07) is 21.2.